The molecule has 0 radical (unpaired) electrons. The Morgan fingerprint density at radius 2 is 1.95 bits per heavy atom. The summed E-state index contributed by atoms with van der Waals surface area (Å²) in [4.78, 5) is 17.2. The second-order valence-electron chi connectivity index (χ2n) is 6.26. The highest BCUT2D eigenvalue weighted by Gasteiger charge is 2.30. The van der Waals surface area contributed by atoms with E-state index in [1.807, 2.05) is 11.8 Å². The number of rotatable bonds is 4. The van der Waals surface area contributed by atoms with E-state index in [9.17, 15) is 4.79 Å². The molecule has 1 aliphatic carbocycles. The largest absolute Gasteiger partial charge is 0.339 e. The molecule has 4 heteroatoms. The number of likely N-dealkylation sites (N-methyl/N-ethyl adjacent to an activating group) is 1. The van der Waals surface area contributed by atoms with Gasteiger partial charge in [0.25, 0.3) is 0 Å². The van der Waals surface area contributed by atoms with Crippen molar-refractivity contribution < 1.29 is 4.79 Å². The van der Waals surface area contributed by atoms with E-state index in [0.717, 1.165) is 18.8 Å². The van der Waals surface area contributed by atoms with Crippen molar-refractivity contribution >= 4 is 17.7 Å². The van der Waals surface area contributed by atoms with Crippen LogP contribution in [0, 0.1) is 0 Å². The van der Waals surface area contributed by atoms with Crippen LogP contribution in [0.25, 0.3) is 0 Å². The third-order valence-corrected chi connectivity index (χ3v) is 6.37. The predicted molar refractivity (Wildman–Crippen MR) is 87.2 cm³/mol. The second kappa shape index (κ2) is 7.69. The normalized spacial score (nSPS) is 29.4. The zero-order valence-corrected chi connectivity index (χ0v) is 14.1. The molecule has 1 saturated heterocycles. The lowest BCUT2D eigenvalue weighted by Gasteiger charge is -2.40. The number of nitrogens with zero attached hydrogens (tertiary/aromatic N) is 2. The Kier molecular flexibility index (Phi) is 6.21. The topological polar surface area (TPSA) is 23.6 Å². The fraction of sp³-hybridized carbons (Fsp3) is 0.938. The van der Waals surface area contributed by atoms with E-state index in [-0.39, 0.29) is 0 Å². The molecule has 20 heavy (non-hydrogen) atoms. The molecule has 1 heterocycles. The van der Waals surface area contributed by atoms with E-state index >= 15 is 0 Å². The summed E-state index contributed by atoms with van der Waals surface area (Å²) < 4.78 is 0. The average molecular weight is 298 g/mol. The van der Waals surface area contributed by atoms with Gasteiger partial charge in [0.1, 0.15) is 0 Å². The molecular weight excluding hydrogens is 268 g/mol. The summed E-state index contributed by atoms with van der Waals surface area (Å²) in [6, 6.07) is 1.02. The van der Waals surface area contributed by atoms with Gasteiger partial charge in [0.05, 0.1) is 6.54 Å². The minimum absolute atomic E-state index is 0.352. The molecule has 0 aromatic rings. The van der Waals surface area contributed by atoms with Gasteiger partial charge in [-0.2, -0.15) is 11.8 Å². The van der Waals surface area contributed by atoms with Gasteiger partial charge in [-0.05, 0) is 26.7 Å². The Labute approximate surface area is 128 Å². The van der Waals surface area contributed by atoms with Crippen molar-refractivity contribution in [3.8, 4) is 0 Å². The van der Waals surface area contributed by atoms with Gasteiger partial charge in [-0.25, -0.2) is 0 Å². The molecule has 2 rings (SSSR count). The van der Waals surface area contributed by atoms with Crippen LogP contribution < -0.4 is 0 Å². The van der Waals surface area contributed by atoms with Crippen LogP contribution in [0.4, 0.5) is 0 Å². The first-order valence-corrected chi connectivity index (χ1v) is 9.33. The second-order valence-corrected chi connectivity index (χ2v) is 7.74. The van der Waals surface area contributed by atoms with Gasteiger partial charge >= 0.3 is 0 Å². The standard InChI is InChI=1S/C16H30N2OS/c1-4-18(15-8-6-5-7-9-15)16(19)12-17-10-11-20-14(3)13(17)2/h13-15H,4-12H2,1-3H3/t13-,14-/m1/s1. The van der Waals surface area contributed by atoms with Crippen molar-refractivity contribution in [2.24, 2.45) is 0 Å². The molecular formula is C16H30N2OS. The molecule has 1 amide bonds. The Hall–Kier alpha value is -0.220. The average Bonchev–Trinajstić information content (AvgIpc) is 2.46. The molecule has 0 aromatic carbocycles. The summed E-state index contributed by atoms with van der Waals surface area (Å²) in [6.07, 6.45) is 6.35. The lowest BCUT2D eigenvalue weighted by atomic mass is 9.94. The van der Waals surface area contributed by atoms with E-state index < -0.39 is 0 Å². The molecule has 2 aliphatic rings. The van der Waals surface area contributed by atoms with Crippen LogP contribution in [-0.2, 0) is 4.79 Å². The smallest absolute Gasteiger partial charge is 0.236 e. The Morgan fingerprint density at radius 3 is 2.60 bits per heavy atom. The maximum Gasteiger partial charge on any atom is 0.236 e. The molecule has 1 aliphatic heterocycles. The molecule has 0 N–H and O–H groups in total. The minimum atomic E-state index is 0.352. The van der Waals surface area contributed by atoms with Crippen LogP contribution in [-0.4, -0.2) is 58.4 Å². The quantitative estimate of drug-likeness (QED) is 0.797. The first-order chi connectivity index (χ1) is 9.63. The Balaban J connectivity index is 1.91. The van der Waals surface area contributed by atoms with Crippen molar-refractivity contribution in [2.75, 3.05) is 25.4 Å². The summed E-state index contributed by atoms with van der Waals surface area (Å²) in [5, 5.41) is 0.640. The Morgan fingerprint density at radius 1 is 1.25 bits per heavy atom. The van der Waals surface area contributed by atoms with Gasteiger partial charge in [-0.15, -0.1) is 0 Å². The molecule has 2 atom stereocenters. The minimum Gasteiger partial charge on any atom is -0.339 e. The summed E-state index contributed by atoms with van der Waals surface area (Å²) in [7, 11) is 0. The van der Waals surface area contributed by atoms with E-state index in [1.165, 1.54) is 32.1 Å². The van der Waals surface area contributed by atoms with Gasteiger partial charge in [0.15, 0.2) is 0 Å². The third kappa shape index (κ3) is 3.91. The van der Waals surface area contributed by atoms with Gasteiger partial charge in [0.2, 0.25) is 5.91 Å². The lowest BCUT2D eigenvalue weighted by Crippen LogP contribution is -2.51. The van der Waals surface area contributed by atoms with Crippen molar-refractivity contribution in [1.29, 1.82) is 0 Å². The van der Waals surface area contributed by atoms with Gasteiger partial charge < -0.3 is 4.90 Å². The number of thioether (sulfide) groups is 1. The summed E-state index contributed by atoms with van der Waals surface area (Å²) in [5.41, 5.74) is 0. The molecule has 0 bridgehead atoms. The summed E-state index contributed by atoms with van der Waals surface area (Å²) >= 11 is 2.03. The van der Waals surface area contributed by atoms with Crippen LogP contribution in [0.15, 0.2) is 0 Å². The van der Waals surface area contributed by atoms with Gasteiger partial charge in [-0.3, -0.25) is 9.69 Å². The van der Waals surface area contributed by atoms with E-state index in [2.05, 4.69) is 30.6 Å². The molecule has 2 fully saturated rings. The molecule has 0 unspecified atom stereocenters. The summed E-state index contributed by atoms with van der Waals surface area (Å²) in [6.45, 7) is 9.23. The molecule has 116 valence electrons. The van der Waals surface area contributed by atoms with Crippen LogP contribution in [0.3, 0.4) is 0 Å². The highest BCUT2D eigenvalue weighted by Crippen LogP contribution is 2.25. The third-order valence-electron chi connectivity index (χ3n) is 5.03. The maximum atomic E-state index is 12.7. The molecule has 0 aromatic heterocycles. The monoisotopic (exact) mass is 298 g/mol. The predicted octanol–water partition coefficient (Wildman–Crippen LogP) is 2.99. The number of hydrogen-bond acceptors (Lipinski definition) is 3. The Bertz CT molecular complexity index is 318. The van der Waals surface area contributed by atoms with Crippen molar-refractivity contribution in [1.82, 2.24) is 9.80 Å². The van der Waals surface area contributed by atoms with Gasteiger partial charge in [-0.1, -0.05) is 26.2 Å². The van der Waals surface area contributed by atoms with Crippen molar-refractivity contribution in [3.05, 3.63) is 0 Å². The zero-order chi connectivity index (χ0) is 14.5. The summed E-state index contributed by atoms with van der Waals surface area (Å²) in [5.74, 6) is 1.51. The first kappa shape index (κ1) is 16.2. The highest BCUT2D eigenvalue weighted by atomic mass is 32.2. The van der Waals surface area contributed by atoms with Crippen LogP contribution in [0.2, 0.25) is 0 Å². The zero-order valence-electron chi connectivity index (χ0n) is 13.3. The van der Waals surface area contributed by atoms with Gasteiger partial charge in [0, 0.05) is 36.2 Å². The van der Waals surface area contributed by atoms with Crippen molar-refractivity contribution in [2.45, 2.75) is 70.2 Å². The highest BCUT2D eigenvalue weighted by molar-refractivity contribution is 8.00. The maximum absolute atomic E-state index is 12.7. The molecule has 3 nitrogen and oxygen atoms in total. The van der Waals surface area contributed by atoms with Crippen LogP contribution in [0.1, 0.15) is 52.9 Å². The SMILES string of the molecule is CCN(C(=O)CN1CCS[C@H](C)[C@H]1C)C1CCCCC1. The van der Waals surface area contributed by atoms with E-state index in [4.69, 9.17) is 0 Å². The first-order valence-electron chi connectivity index (χ1n) is 8.28. The van der Waals surface area contributed by atoms with Crippen LogP contribution in [0.5, 0.6) is 0 Å². The van der Waals surface area contributed by atoms with E-state index in [1.54, 1.807) is 0 Å². The molecule has 0 spiro atoms. The number of carbonyl (C=O) groups is 1. The van der Waals surface area contributed by atoms with Crippen molar-refractivity contribution in [3.63, 3.8) is 0 Å². The number of amides is 1. The lowest BCUT2D eigenvalue weighted by molar-refractivity contribution is -0.135. The number of carbonyl (C=O) groups excluding carboxylic acids is 1. The fourth-order valence-corrected chi connectivity index (χ4v) is 4.68. The van der Waals surface area contributed by atoms with Crippen LogP contribution >= 0.6 is 11.8 Å². The van der Waals surface area contributed by atoms with E-state index in [0.29, 0.717) is 29.8 Å². The molecule has 1 saturated carbocycles. The fourth-order valence-electron chi connectivity index (χ4n) is 3.51. The number of hydrogen-bond donors (Lipinski definition) is 0.